The Kier molecular flexibility index (Phi) is 7.75. The van der Waals surface area contributed by atoms with Gasteiger partial charge < -0.3 is 10.2 Å². The molecule has 0 saturated heterocycles. The molecule has 1 aliphatic heterocycles. The number of aromatic nitrogens is 4. The number of carbonyl (C=O) groups excluding carboxylic acids is 2. The van der Waals surface area contributed by atoms with E-state index in [1.54, 1.807) is 6.92 Å². The standard InChI is InChI=1S/C19H14ClF3N6O2.CH4.H2S/c1-10-9-28(11-2-3-13(14(20)6-11)19(21,22)23)18(31)16-12(7-26-29(10)16)17(30)27-15-8-24-4-5-25-15;;/h2-8,10H,9H2,1H3,(H,25,27,30);1H4;1H2/t10-;;/m0../s1. The van der Waals surface area contributed by atoms with Crippen LogP contribution >= 0.6 is 25.1 Å². The van der Waals surface area contributed by atoms with Crippen molar-refractivity contribution in [3.63, 3.8) is 0 Å². The first-order valence-corrected chi connectivity index (χ1v) is 9.38. The summed E-state index contributed by atoms with van der Waals surface area (Å²) in [5.74, 6) is -1.01. The quantitative estimate of drug-likeness (QED) is 0.568. The van der Waals surface area contributed by atoms with Crippen LogP contribution < -0.4 is 10.2 Å². The van der Waals surface area contributed by atoms with Crippen LogP contribution in [0.25, 0.3) is 0 Å². The zero-order valence-electron chi connectivity index (χ0n) is 16.4. The van der Waals surface area contributed by atoms with Crippen LogP contribution in [0.2, 0.25) is 5.02 Å². The van der Waals surface area contributed by atoms with E-state index in [1.807, 2.05) is 0 Å². The predicted molar refractivity (Wildman–Crippen MR) is 122 cm³/mol. The van der Waals surface area contributed by atoms with Crippen molar-refractivity contribution in [3.8, 4) is 0 Å². The number of amides is 2. The molecule has 13 heteroatoms. The number of hydrogen-bond donors (Lipinski definition) is 1. The van der Waals surface area contributed by atoms with Crippen molar-refractivity contribution in [2.45, 2.75) is 26.6 Å². The zero-order valence-corrected chi connectivity index (χ0v) is 18.1. The van der Waals surface area contributed by atoms with Crippen LogP contribution in [0.5, 0.6) is 0 Å². The minimum atomic E-state index is -4.61. The fourth-order valence-electron chi connectivity index (χ4n) is 3.30. The molecule has 0 bridgehead atoms. The highest BCUT2D eigenvalue weighted by Crippen LogP contribution is 2.37. The second-order valence-electron chi connectivity index (χ2n) is 6.82. The Balaban J connectivity index is 0.00000193. The molecule has 33 heavy (non-hydrogen) atoms. The van der Waals surface area contributed by atoms with Gasteiger partial charge in [-0.15, -0.1) is 0 Å². The average molecular weight is 501 g/mol. The predicted octanol–water partition coefficient (Wildman–Crippen LogP) is 4.57. The highest BCUT2D eigenvalue weighted by molar-refractivity contribution is 7.59. The fourth-order valence-corrected chi connectivity index (χ4v) is 3.58. The van der Waals surface area contributed by atoms with Crippen LogP contribution in [0.4, 0.5) is 24.7 Å². The van der Waals surface area contributed by atoms with E-state index in [4.69, 9.17) is 11.6 Å². The molecule has 1 atom stereocenters. The van der Waals surface area contributed by atoms with E-state index in [9.17, 15) is 22.8 Å². The summed E-state index contributed by atoms with van der Waals surface area (Å²) in [6.07, 6.45) is 0.828. The molecule has 8 nitrogen and oxygen atoms in total. The molecular weight excluding hydrogens is 481 g/mol. The maximum Gasteiger partial charge on any atom is 0.417 e. The molecule has 0 fully saturated rings. The van der Waals surface area contributed by atoms with E-state index in [0.29, 0.717) is 0 Å². The van der Waals surface area contributed by atoms with Crippen molar-refractivity contribution < 1.29 is 22.8 Å². The van der Waals surface area contributed by atoms with Gasteiger partial charge in [-0.1, -0.05) is 19.0 Å². The molecule has 0 aliphatic carbocycles. The first-order chi connectivity index (χ1) is 14.7. The number of rotatable bonds is 3. The number of nitrogens with zero attached hydrogens (tertiary/aromatic N) is 5. The highest BCUT2D eigenvalue weighted by atomic mass is 35.5. The molecule has 1 aliphatic rings. The van der Waals surface area contributed by atoms with Gasteiger partial charge in [0.1, 0.15) is 5.69 Å². The first kappa shape index (κ1) is 26.1. The van der Waals surface area contributed by atoms with Crippen molar-refractivity contribution in [1.82, 2.24) is 19.7 Å². The summed E-state index contributed by atoms with van der Waals surface area (Å²) in [4.78, 5) is 35.0. The molecule has 4 rings (SSSR count). The van der Waals surface area contributed by atoms with Crippen LogP contribution in [0.1, 0.15) is 46.8 Å². The fraction of sp³-hybridized carbons (Fsp3) is 0.250. The third-order valence-electron chi connectivity index (χ3n) is 4.73. The van der Waals surface area contributed by atoms with Crippen LogP contribution in [-0.2, 0) is 6.18 Å². The lowest BCUT2D eigenvalue weighted by Crippen LogP contribution is -2.43. The minimum absolute atomic E-state index is 0. The smallest absolute Gasteiger partial charge is 0.305 e. The average Bonchev–Trinajstić information content (AvgIpc) is 3.17. The van der Waals surface area contributed by atoms with Gasteiger partial charge in [0.15, 0.2) is 5.82 Å². The van der Waals surface area contributed by atoms with Crippen molar-refractivity contribution in [1.29, 1.82) is 0 Å². The SMILES string of the molecule is C.C[C@H]1CN(c2ccc(C(F)(F)F)c(Cl)c2)C(=O)c2c(C(=O)Nc3cnccn3)cnn21.S. The Labute approximate surface area is 199 Å². The first-order valence-electron chi connectivity index (χ1n) is 9.00. The summed E-state index contributed by atoms with van der Waals surface area (Å²) in [5, 5.41) is 6.15. The molecule has 3 aromatic rings. The molecule has 0 saturated carbocycles. The van der Waals surface area contributed by atoms with E-state index in [-0.39, 0.29) is 56.3 Å². The maximum atomic E-state index is 13.2. The number of fused-ring (bicyclic) bond motifs is 1. The summed E-state index contributed by atoms with van der Waals surface area (Å²) in [5.41, 5.74) is -0.798. The van der Waals surface area contributed by atoms with Gasteiger partial charge in [-0.2, -0.15) is 31.8 Å². The van der Waals surface area contributed by atoms with Crippen molar-refractivity contribution in [2.24, 2.45) is 0 Å². The second-order valence-corrected chi connectivity index (χ2v) is 7.23. The van der Waals surface area contributed by atoms with Gasteiger partial charge in [-0.25, -0.2) is 4.98 Å². The largest absolute Gasteiger partial charge is 0.417 e. The van der Waals surface area contributed by atoms with E-state index in [1.165, 1.54) is 40.4 Å². The van der Waals surface area contributed by atoms with Gasteiger partial charge in [0.05, 0.1) is 34.6 Å². The number of benzene rings is 1. The molecular formula is C20H20ClF3N6O2S. The molecule has 176 valence electrons. The minimum Gasteiger partial charge on any atom is -0.305 e. The Hall–Kier alpha value is -3.12. The lowest BCUT2D eigenvalue weighted by atomic mass is 10.1. The number of alkyl halides is 3. The molecule has 0 unspecified atom stereocenters. The summed E-state index contributed by atoms with van der Waals surface area (Å²) < 4.78 is 40.4. The molecule has 1 aromatic carbocycles. The third kappa shape index (κ3) is 4.96. The molecule has 1 N–H and O–H groups in total. The van der Waals surface area contributed by atoms with Gasteiger partial charge in [0.25, 0.3) is 11.8 Å². The topological polar surface area (TPSA) is 93.0 Å². The summed E-state index contributed by atoms with van der Waals surface area (Å²) in [6.45, 7) is 1.91. The van der Waals surface area contributed by atoms with Gasteiger partial charge in [-0.3, -0.25) is 19.3 Å². The van der Waals surface area contributed by atoms with Crippen LogP contribution in [-0.4, -0.2) is 38.1 Å². The Bertz CT molecular complexity index is 1170. The number of nitrogens with one attached hydrogen (secondary N) is 1. The number of halogens is 4. The monoisotopic (exact) mass is 500 g/mol. The van der Waals surface area contributed by atoms with Crippen molar-refractivity contribution >= 4 is 48.4 Å². The van der Waals surface area contributed by atoms with E-state index in [0.717, 1.165) is 12.1 Å². The second kappa shape index (κ2) is 9.79. The Morgan fingerprint density at radius 1 is 1.24 bits per heavy atom. The Morgan fingerprint density at radius 3 is 2.58 bits per heavy atom. The van der Waals surface area contributed by atoms with Crippen molar-refractivity contribution in [2.75, 3.05) is 16.8 Å². The van der Waals surface area contributed by atoms with E-state index in [2.05, 4.69) is 20.4 Å². The van der Waals surface area contributed by atoms with Gasteiger partial charge >= 0.3 is 6.18 Å². The number of hydrogen-bond acceptors (Lipinski definition) is 5. The van der Waals surface area contributed by atoms with Gasteiger partial charge in [0, 0.05) is 24.6 Å². The lowest BCUT2D eigenvalue weighted by Gasteiger charge is -2.32. The maximum absolute atomic E-state index is 13.2. The number of anilines is 2. The van der Waals surface area contributed by atoms with Crippen molar-refractivity contribution in [3.05, 3.63) is 64.8 Å². The van der Waals surface area contributed by atoms with Crippen LogP contribution in [0.3, 0.4) is 0 Å². The van der Waals surface area contributed by atoms with Gasteiger partial charge in [0.2, 0.25) is 0 Å². The summed E-state index contributed by atoms with van der Waals surface area (Å²) >= 11 is 5.82. The molecule has 3 heterocycles. The molecule has 0 radical (unpaired) electrons. The normalized spacial score (nSPS) is 15.2. The molecule has 2 amide bonds. The molecule has 0 spiro atoms. The summed E-state index contributed by atoms with van der Waals surface area (Å²) in [7, 11) is 0. The Morgan fingerprint density at radius 2 is 1.97 bits per heavy atom. The summed E-state index contributed by atoms with van der Waals surface area (Å²) in [6, 6.07) is 2.74. The van der Waals surface area contributed by atoms with Crippen LogP contribution in [0, 0.1) is 0 Å². The zero-order chi connectivity index (χ0) is 22.3. The lowest BCUT2D eigenvalue weighted by molar-refractivity contribution is -0.137. The highest BCUT2D eigenvalue weighted by Gasteiger charge is 2.37. The molecule has 2 aromatic heterocycles. The number of carbonyl (C=O) groups is 2. The third-order valence-corrected chi connectivity index (χ3v) is 5.04. The van der Waals surface area contributed by atoms with Crippen LogP contribution in [0.15, 0.2) is 43.0 Å². The van der Waals surface area contributed by atoms with Gasteiger partial charge in [-0.05, 0) is 25.1 Å². The van der Waals surface area contributed by atoms with E-state index < -0.39 is 28.6 Å². The van der Waals surface area contributed by atoms with E-state index >= 15 is 0 Å².